The number of oxazole rings is 1. The van der Waals surface area contributed by atoms with Gasteiger partial charge < -0.3 is 4.42 Å². The molecule has 0 aliphatic heterocycles. The molecule has 0 bridgehead atoms. The zero-order valence-electron chi connectivity index (χ0n) is 12.0. The first-order valence-electron chi connectivity index (χ1n) is 6.46. The van der Waals surface area contributed by atoms with Crippen LogP contribution in [0, 0.1) is 21.4 Å². The minimum Gasteiger partial charge on any atom is -0.422 e. The lowest BCUT2D eigenvalue weighted by Gasteiger charge is -1.98. The van der Waals surface area contributed by atoms with E-state index >= 15 is 0 Å². The van der Waals surface area contributed by atoms with Crippen molar-refractivity contribution in [3.63, 3.8) is 0 Å². The molecular formula is C14H13N5O3. The Morgan fingerprint density at radius 3 is 2.86 bits per heavy atom. The summed E-state index contributed by atoms with van der Waals surface area (Å²) >= 11 is 0. The van der Waals surface area contributed by atoms with E-state index in [9.17, 15) is 10.1 Å². The summed E-state index contributed by atoms with van der Waals surface area (Å²) < 4.78 is 5.39. The molecule has 1 N–H and O–H groups in total. The van der Waals surface area contributed by atoms with E-state index in [0.29, 0.717) is 11.5 Å². The van der Waals surface area contributed by atoms with E-state index in [1.807, 2.05) is 19.9 Å². The minimum absolute atomic E-state index is 0.0295. The first-order valence-corrected chi connectivity index (χ1v) is 6.46. The van der Waals surface area contributed by atoms with Gasteiger partial charge in [0.1, 0.15) is 6.07 Å². The van der Waals surface area contributed by atoms with Crippen LogP contribution >= 0.6 is 0 Å². The lowest BCUT2D eigenvalue weighted by Crippen LogP contribution is -1.96. The molecule has 0 saturated carbocycles. The van der Waals surface area contributed by atoms with Crippen molar-refractivity contribution in [2.24, 2.45) is 5.10 Å². The molecular weight excluding hydrogens is 286 g/mol. The highest BCUT2D eigenvalue weighted by Gasteiger charge is 2.15. The number of nitriles is 1. The van der Waals surface area contributed by atoms with Gasteiger partial charge in [0.25, 0.3) is 11.6 Å². The van der Waals surface area contributed by atoms with Crippen LogP contribution in [0.3, 0.4) is 0 Å². The van der Waals surface area contributed by atoms with Crippen LogP contribution in [0.15, 0.2) is 33.8 Å². The average Bonchev–Trinajstić information content (AvgIpc) is 2.91. The predicted octanol–water partition coefficient (Wildman–Crippen LogP) is 3.02. The van der Waals surface area contributed by atoms with Crippen LogP contribution in [0.2, 0.25) is 0 Å². The van der Waals surface area contributed by atoms with Gasteiger partial charge in [0.15, 0.2) is 0 Å². The Hall–Kier alpha value is -3.21. The van der Waals surface area contributed by atoms with Crippen molar-refractivity contribution in [3.05, 3.63) is 51.5 Å². The van der Waals surface area contributed by atoms with Gasteiger partial charge in [-0.1, -0.05) is 26.0 Å². The van der Waals surface area contributed by atoms with E-state index in [0.717, 1.165) is 0 Å². The highest BCUT2D eigenvalue weighted by Crippen LogP contribution is 2.22. The Morgan fingerprint density at radius 1 is 1.50 bits per heavy atom. The molecule has 0 aliphatic rings. The predicted molar refractivity (Wildman–Crippen MR) is 79.6 cm³/mol. The molecule has 2 aromatic rings. The maximum absolute atomic E-state index is 10.9. The topological polar surface area (TPSA) is 117 Å². The Balaban J connectivity index is 2.20. The first kappa shape index (κ1) is 15.2. The molecule has 0 saturated heterocycles. The number of para-hydroxylation sites is 1. The molecule has 0 fully saturated rings. The standard InChI is InChI=1S/C14H13N5O3/c1-9(2)13-17-11(7-15)14(22-13)18-16-8-10-5-3-4-6-12(10)19(20)21/h3-6,8-9,18H,1-2H3/b16-8+. The zero-order valence-corrected chi connectivity index (χ0v) is 12.0. The number of nitro groups is 1. The van der Waals surface area contributed by atoms with Crippen LogP contribution in [-0.4, -0.2) is 16.1 Å². The number of hydrazone groups is 1. The van der Waals surface area contributed by atoms with Gasteiger partial charge >= 0.3 is 0 Å². The van der Waals surface area contributed by atoms with E-state index < -0.39 is 4.92 Å². The van der Waals surface area contributed by atoms with Crippen LogP contribution < -0.4 is 5.43 Å². The highest BCUT2D eigenvalue weighted by molar-refractivity contribution is 5.85. The Bertz CT molecular complexity index is 758. The quantitative estimate of drug-likeness (QED) is 0.515. The molecule has 0 radical (unpaired) electrons. The lowest BCUT2D eigenvalue weighted by atomic mass is 10.2. The summed E-state index contributed by atoms with van der Waals surface area (Å²) in [6.07, 6.45) is 1.29. The van der Waals surface area contributed by atoms with E-state index in [4.69, 9.17) is 9.68 Å². The number of anilines is 1. The second-order valence-electron chi connectivity index (χ2n) is 4.68. The first-order chi connectivity index (χ1) is 10.5. The van der Waals surface area contributed by atoms with Crippen molar-refractivity contribution in [1.29, 1.82) is 5.26 Å². The van der Waals surface area contributed by atoms with Crippen molar-refractivity contribution in [2.45, 2.75) is 19.8 Å². The summed E-state index contributed by atoms with van der Waals surface area (Å²) in [6.45, 7) is 3.76. The zero-order chi connectivity index (χ0) is 16.1. The Morgan fingerprint density at radius 2 is 2.23 bits per heavy atom. The fourth-order valence-corrected chi connectivity index (χ4v) is 1.66. The molecule has 1 aromatic carbocycles. The van der Waals surface area contributed by atoms with Crippen molar-refractivity contribution in [1.82, 2.24) is 4.98 Å². The summed E-state index contributed by atoms with van der Waals surface area (Å²) in [5, 5.41) is 23.8. The highest BCUT2D eigenvalue weighted by atomic mass is 16.6. The molecule has 1 heterocycles. The number of nitro benzene ring substituents is 1. The van der Waals surface area contributed by atoms with E-state index in [1.54, 1.807) is 18.2 Å². The fraction of sp³-hybridized carbons (Fsp3) is 0.214. The van der Waals surface area contributed by atoms with Crippen LogP contribution in [0.25, 0.3) is 0 Å². The molecule has 0 atom stereocenters. The summed E-state index contributed by atoms with van der Waals surface area (Å²) in [5.41, 5.74) is 2.91. The molecule has 8 heteroatoms. The summed E-state index contributed by atoms with van der Waals surface area (Å²) in [7, 11) is 0. The number of rotatable bonds is 5. The summed E-state index contributed by atoms with van der Waals surface area (Å²) in [4.78, 5) is 14.4. The van der Waals surface area contributed by atoms with Gasteiger partial charge in [-0.15, -0.1) is 0 Å². The molecule has 1 aromatic heterocycles. The number of nitrogens with one attached hydrogen (secondary N) is 1. The van der Waals surface area contributed by atoms with Crippen LogP contribution in [0.4, 0.5) is 11.6 Å². The third kappa shape index (κ3) is 3.27. The monoisotopic (exact) mass is 299 g/mol. The summed E-state index contributed by atoms with van der Waals surface area (Å²) in [5.74, 6) is 0.558. The van der Waals surface area contributed by atoms with Crippen LogP contribution in [0.1, 0.15) is 36.9 Å². The number of nitrogens with zero attached hydrogens (tertiary/aromatic N) is 4. The number of hydrogen-bond donors (Lipinski definition) is 1. The molecule has 112 valence electrons. The lowest BCUT2D eigenvalue weighted by molar-refractivity contribution is -0.385. The molecule has 8 nitrogen and oxygen atoms in total. The molecule has 0 unspecified atom stereocenters. The number of benzene rings is 1. The molecule has 2 rings (SSSR count). The molecule has 22 heavy (non-hydrogen) atoms. The van der Waals surface area contributed by atoms with Crippen molar-refractivity contribution in [3.8, 4) is 6.07 Å². The number of aromatic nitrogens is 1. The Kier molecular flexibility index (Phi) is 4.48. The van der Waals surface area contributed by atoms with Gasteiger partial charge in [-0.3, -0.25) is 10.1 Å². The fourth-order valence-electron chi connectivity index (χ4n) is 1.66. The van der Waals surface area contributed by atoms with Gasteiger partial charge in [-0.2, -0.15) is 10.4 Å². The van der Waals surface area contributed by atoms with E-state index in [2.05, 4.69) is 15.5 Å². The normalized spacial score (nSPS) is 10.8. The Labute approximate surface area is 126 Å². The summed E-state index contributed by atoms with van der Waals surface area (Å²) in [6, 6.07) is 8.08. The van der Waals surface area contributed by atoms with Gasteiger partial charge in [0.05, 0.1) is 16.7 Å². The maximum Gasteiger partial charge on any atom is 0.278 e. The smallest absolute Gasteiger partial charge is 0.278 e. The largest absolute Gasteiger partial charge is 0.422 e. The molecule has 0 spiro atoms. The van der Waals surface area contributed by atoms with Crippen molar-refractivity contribution < 1.29 is 9.34 Å². The van der Waals surface area contributed by atoms with Gasteiger partial charge in [0.2, 0.25) is 11.6 Å². The van der Waals surface area contributed by atoms with Crippen LogP contribution in [-0.2, 0) is 0 Å². The van der Waals surface area contributed by atoms with E-state index in [1.165, 1.54) is 12.3 Å². The molecule has 0 aliphatic carbocycles. The second-order valence-corrected chi connectivity index (χ2v) is 4.68. The van der Waals surface area contributed by atoms with Crippen molar-refractivity contribution in [2.75, 3.05) is 5.43 Å². The van der Waals surface area contributed by atoms with Gasteiger partial charge in [-0.25, -0.2) is 10.4 Å². The average molecular weight is 299 g/mol. The third-order valence-corrected chi connectivity index (χ3v) is 2.75. The van der Waals surface area contributed by atoms with Gasteiger partial charge in [-0.05, 0) is 6.07 Å². The SMILES string of the molecule is CC(C)c1nc(C#N)c(N/N=C/c2ccccc2[N+](=O)[O-])o1. The van der Waals surface area contributed by atoms with Crippen molar-refractivity contribution >= 4 is 17.8 Å². The number of hydrogen-bond acceptors (Lipinski definition) is 7. The maximum atomic E-state index is 10.9. The van der Waals surface area contributed by atoms with Crippen LogP contribution in [0.5, 0.6) is 0 Å². The third-order valence-electron chi connectivity index (χ3n) is 2.75. The second kappa shape index (κ2) is 6.49. The van der Waals surface area contributed by atoms with E-state index in [-0.39, 0.29) is 23.2 Å². The molecule has 0 amide bonds. The minimum atomic E-state index is -0.493. The van der Waals surface area contributed by atoms with Gasteiger partial charge in [0, 0.05) is 12.0 Å².